The van der Waals surface area contributed by atoms with Gasteiger partial charge in [-0.3, -0.25) is 4.79 Å². The molecule has 0 radical (unpaired) electrons. The Morgan fingerprint density at radius 3 is 2.48 bits per heavy atom. The molecule has 2 N–H and O–H groups in total. The van der Waals surface area contributed by atoms with Gasteiger partial charge in [0, 0.05) is 31.6 Å². The number of carboxylic acid groups (broad SMARTS) is 1. The lowest BCUT2D eigenvalue weighted by atomic mass is 10.0. The van der Waals surface area contributed by atoms with Gasteiger partial charge in [-0.15, -0.1) is 0 Å². The first kappa shape index (κ1) is 17.2. The lowest BCUT2D eigenvalue weighted by molar-refractivity contribution is -0.141. The van der Waals surface area contributed by atoms with Crippen molar-refractivity contribution in [1.29, 1.82) is 0 Å². The van der Waals surface area contributed by atoms with E-state index in [1.165, 1.54) is 26.2 Å². The summed E-state index contributed by atoms with van der Waals surface area (Å²) in [5.41, 5.74) is 0.616. The second-order valence-electron chi connectivity index (χ2n) is 5.51. The largest absolute Gasteiger partial charge is 0.506 e. The number of pyridine rings is 1. The molecule has 0 aliphatic heterocycles. The molecule has 1 aromatic carbocycles. The standard InChI is InChI=1S/C15H18N2O5S/c1-9(15(19)20)8-10-4-5-11-13(23(21,22)17(2)3)7-6-12(18)14(11)16-10/h4-7,9,18H,8H2,1-3H3,(H,19,20)/t9-/m0/s1. The molecule has 0 saturated carbocycles. The fourth-order valence-electron chi connectivity index (χ4n) is 2.15. The molecule has 8 heteroatoms. The van der Waals surface area contributed by atoms with Gasteiger partial charge in [-0.05, 0) is 24.3 Å². The number of fused-ring (bicyclic) bond motifs is 1. The Bertz CT molecular complexity index is 862. The van der Waals surface area contributed by atoms with Crippen molar-refractivity contribution in [3.63, 3.8) is 0 Å². The first-order valence-corrected chi connectivity index (χ1v) is 8.35. The molecule has 124 valence electrons. The number of aromatic hydroxyl groups is 1. The molecular formula is C15H18N2O5S. The van der Waals surface area contributed by atoms with E-state index in [-0.39, 0.29) is 22.6 Å². The molecular weight excluding hydrogens is 320 g/mol. The second-order valence-corrected chi connectivity index (χ2v) is 7.63. The van der Waals surface area contributed by atoms with Crippen LogP contribution in [0.4, 0.5) is 0 Å². The highest BCUT2D eigenvalue weighted by molar-refractivity contribution is 7.89. The summed E-state index contributed by atoms with van der Waals surface area (Å²) in [6.07, 6.45) is 0.190. The van der Waals surface area contributed by atoms with E-state index >= 15 is 0 Å². The van der Waals surface area contributed by atoms with Crippen molar-refractivity contribution in [2.75, 3.05) is 14.1 Å². The number of aromatic nitrogens is 1. The number of aliphatic carboxylic acids is 1. The van der Waals surface area contributed by atoms with Crippen LogP contribution in [0, 0.1) is 5.92 Å². The van der Waals surface area contributed by atoms with E-state index < -0.39 is 21.9 Å². The van der Waals surface area contributed by atoms with Gasteiger partial charge in [0.25, 0.3) is 0 Å². The maximum absolute atomic E-state index is 12.3. The lowest BCUT2D eigenvalue weighted by Gasteiger charge is -2.14. The number of phenols is 1. The van der Waals surface area contributed by atoms with E-state index in [0.717, 1.165) is 4.31 Å². The quantitative estimate of drug-likeness (QED) is 0.854. The van der Waals surface area contributed by atoms with Crippen LogP contribution in [0.15, 0.2) is 29.2 Å². The average Bonchev–Trinajstić information content (AvgIpc) is 2.47. The summed E-state index contributed by atoms with van der Waals surface area (Å²) < 4.78 is 25.8. The van der Waals surface area contributed by atoms with Gasteiger partial charge in [0.05, 0.1) is 10.8 Å². The molecule has 1 heterocycles. The molecule has 0 fully saturated rings. The Balaban J connectivity index is 2.61. The second kappa shape index (κ2) is 6.13. The van der Waals surface area contributed by atoms with Crippen LogP contribution < -0.4 is 0 Å². The highest BCUT2D eigenvalue weighted by Crippen LogP contribution is 2.30. The summed E-state index contributed by atoms with van der Waals surface area (Å²) >= 11 is 0. The molecule has 0 aliphatic carbocycles. The number of carbonyl (C=O) groups is 1. The zero-order valence-corrected chi connectivity index (χ0v) is 13.8. The van der Waals surface area contributed by atoms with Crippen LogP contribution in [-0.4, -0.2) is 48.0 Å². The number of phenolic OH excluding ortho intramolecular Hbond substituents is 1. The van der Waals surface area contributed by atoms with E-state index in [9.17, 15) is 18.3 Å². The smallest absolute Gasteiger partial charge is 0.306 e. The summed E-state index contributed by atoms with van der Waals surface area (Å²) in [4.78, 5) is 15.2. The number of carboxylic acids is 1. The summed E-state index contributed by atoms with van der Waals surface area (Å²) in [7, 11) is -0.840. The van der Waals surface area contributed by atoms with Crippen molar-refractivity contribution in [2.24, 2.45) is 5.92 Å². The van der Waals surface area contributed by atoms with Gasteiger partial charge in [-0.1, -0.05) is 6.92 Å². The first-order chi connectivity index (χ1) is 10.6. The summed E-state index contributed by atoms with van der Waals surface area (Å²) in [5, 5.41) is 19.2. The van der Waals surface area contributed by atoms with Crippen molar-refractivity contribution in [3.05, 3.63) is 30.0 Å². The van der Waals surface area contributed by atoms with Gasteiger partial charge in [-0.25, -0.2) is 17.7 Å². The Hall–Kier alpha value is -2.19. The predicted molar refractivity (Wildman–Crippen MR) is 84.8 cm³/mol. The fraction of sp³-hybridized carbons (Fsp3) is 0.333. The molecule has 1 atom stereocenters. The summed E-state index contributed by atoms with van der Waals surface area (Å²) in [5.74, 6) is -1.72. The zero-order chi connectivity index (χ0) is 17.4. The van der Waals surface area contributed by atoms with E-state index in [1.54, 1.807) is 19.1 Å². The van der Waals surface area contributed by atoms with Crippen molar-refractivity contribution in [3.8, 4) is 5.75 Å². The van der Waals surface area contributed by atoms with Gasteiger partial charge < -0.3 is 10.2 Å². The maximum atomic E-state index is 12.3. The number of nitrogens with zero attached hydrogens (tertiary/aromatic N) is 2. The van der Waals surface area contributed by atoms with Crippen molar-refractivity contribution < 1.29 is 23.4 Å². The number of hydrogen-bond acceptors (Lipinski definition) is 5. The SMILES string of the molecule is C[C@@H](Cc1ccc2c(S(=O)(=O)N(C)C)ccc(O)c2n1)C(=O)O. The normalized spacial score (nSPS) is 13.4. The minimum Gasteiger partial charge on any atom is -0.506 e. The molecule has 0 spiro atoms. The molecule has 7 nitrogen and oxygen atoms in total. The van der Waals surface area contributed by atoms with Crippen molar-refractivity contribution >= 4 is 26.9 Å². The molecule has 0 saturated heterocycles. The molecule has 2 aromatic rings. The van der Waals surface area contributed by atoms with E-state index in [0.29, 0.717) is 11.1 Å². The molecule has 1 aromatic heterocycles. The van der Waals surface area contributed by atoms with E-state index in [4.69, 9.17) is 5.11 Å². The number of sulfonamides is 1. The Labute approximate surface area is 134 Å². The molecule has 0 amide bonds. The zero-order valence-electron chi connectivity index (χ0n) is 13.0. The lowest BCUT2D eigenvalue weighted by Crippen LogP contribution is -2.22. The van der Waals surface area contributed by atoms with Crippen LogP contribution in [0.3, 0.4) is 0 Å². The van der Waals surface area contributed by atoms with Crippen LogP contribution in [0.1, 0.15) is 12.6 Å². The van der Waals surface area contributed by atoms with Gasteiger partial charge >= 0.3 is 5.97 Å². The third-order valence-corrected chi connectivity index (χ3v) is 5.42. The molecule has 0 bridgehead atoms. The van der Waals surface area contributed by atoms with Gasteiger partial charge in [0.2, 0.25) is 10.0 Å². The topological polar surface area (TPSA) is 108 Å². The monoisotopic (exact) mass is 338 g/mol. The van der Waals surface area contributed by atoms with Gasteiger partial charge in [-0.2, -0.15) is 0 Å². The third-order valence-electron chi connectivity index (χ3n) is 3.55. The maximum Gasteiger partial charge on any atom is 0.306 e. The van der Waals surface area contributed by atoms with Gasteiger partial charge in [0.1, 0.15) is 11.3 Å². The third kappa shape index (κ3) is 3.27. The average molecular weight is 338 g/mol. The van der Waals surface area contributed by atoms with Crippen LogP contribution in [0.25, 0.3) is 10.9 Å². The Kier molecular flexibility index (Phi) is 4.58. The molecule has 0 unspecified atom stereocenters. The number of hydrogen-bond donors (Lipinski definition) is 2. The van der Waals surface area contributed by atoms with Gasteiger partial charge in [0.15, 0.2) is 0 Å². The van der Waals surface area contributed by atoms with Crippen LogP contribution >= 0.6 is 0 Å². The Morgan fingerprint density at radius 1 is 1.26 bits per heavy atom. The highest BCUT2D eigenvalue weighted by Gasteiger charge is 2.22. The van der Waals surface area contributed by atoms with Crippen LogP contribution in [0.5, 0.6) is 5.75 Å². The van der Waals surface area contributed by atoms with Crippen molar-refractivity contribution in [2.45, 2.75) is 18.2 Å². The summed E-state index contributed by atoms with van der Waals surface area (Å²) in [6, 6.07) is 5.72. The van der Waals surface area contributed by atoms with Crippen molar-refractivity contribution in [1.82, 2.24) is 9.29 Å². The fourth-order valence-corrected chi connectivity index (χ4v) is 3.23. The summed E-state index contributed by atoms with van der Waals surface area (Å²) in [6.45, 7) is 1.56. The molecule has 23 heavy (non-hydrogen) atoms. The van der Waals surface area contributed by atoms with Crippen LogP contribution in [-0.2, 0) is 21.2 Å². The van der Waals surface area contributed by atoms with Crippen LogP contribution in [0.2, 0.25) is 0 Å². The van der Waals surface area contributed by atoms with E-state index in [1.807, 2.05) is 0 Å². The number of benzene rings is 1. The highest BCUT2D eigenvalue weighted by atomic mass is 32.2. The first-order valence-electron chi connectivity index (χ1n) is 6.91. The predicted octanol–water partition coefficient (Wildman–Crippen LogP) is 1.45. The minimum absolute atomic E-state index is 0.0423. The number of rotatable bonds is 5. The minimum atomic E-state index is -3.68. The van der Waals surface area contributed by atoms with E-state index in [2.05, 4.69) is 4.98 Å². The molecule has 0 aliphatic rings. The Morgan fingerprint density at radius 2 is 1.91 bits per heavy atom. The molecule has 2 rings (SSSR count).